The first-order valence-electron chi connectivity index (χ1n) is 8.77. The predicted molar refractivity (Wildman–Crippen MR) is 102 cm³/mol. The summed E-state index contributed by atoms with van der Waals surface area (Å²) < 4.78 is 36.2. The van der Waals surface area contributed by atoms with Gasteiger partial charge in [0.2, 0.25) is 0 Å². The monoisotopic (exact) mass is 402 g/mol. The minimum Gasteiger partial charge on any atom is -0.493 e. The van der Waals surface area contributed by atoms with Crippen LogP contribution in [0.5, 0.6) is 11.5 Å². The molecule has 0 atom stereocenters. The fraction of sp³-hybridized carbons (Fsp3) is 0.200. The lowest BCUT2D eigenvalue weighted by Crippen LogP contribution is -2.34. The number of hydrogen-bond acceptors (Lipinski definition) is 4. The van der Waals surface area contributed by atoms with E-state index in [0.29, 0.717) is 12.1 Å². The summed E-state index contributed by atoms with van der Waals surface area (Å²) in [5.74, 6) is 0.105. The first-order valence-corrected chi connectivity index (χ1v) is 8.77. The van der Waals surface area contributed by atoms with Crippen molar-refractivity contribution in [2.24, 2.45) is 0 Å². The Morgan fingerprint density at radius 1 is 1.07 bits per heavy atom. The number of benzene rings is 2. The molecule has 7 nitrogen and oxygen atoms in total. The van der Waals surface area contributed by atoms with Gasteiger partial charge in [0.05, 0.1) is 12.8 Å². The van der Waals surface area contributed by atoms with Crippen LogP contribution >= 0.6 is 0 Å². The summed E-state index contributed by atoms with van der Waals surface area (Å²) in [6.07, 6.45) is 3.52. The molecule has 0 spiro atoms. The largest absolute Gasteiger partial charge is 0.493 e. The van der Waals surface area contributed by atoms with E-state index in [-0.39, 0.29) is 24.1 Å². The molecule has 0 saturated carbocycles. The number of carbonyl (C=O) groups excluding carboxylic acids is 1. The minimum atomic E-state index is -2.96. The molecule has 0 aliphatic rings. The summed E-state index contributed by atoms with van der Waals surface area (Å²) in [5.41, 5.74) is 2.39. The predicted octanol–water partition coefficient (Wildman–Crippen LogP) is 3.48. The molecule has 2 N–H and O–H groups in total. The van der Waals surface area contributed by atoms with Crippen molar-refractivity contribution in [3.8, 4) is 17.2 Å². The molecule has 3 rings (SSSR count). The zero-order valence-electron chi connectivity index (χ0n) is 15.6. The topological polar surface area (TPSA) is 77.4 Å². The van der Waals surface area contributed by atoms with Crippen molar-refractivity contribution in [3.05, 3.63) is 72.1 Å². The van der Waals surface area contributed by atoms with Gasteiger partial charge in [-0.15, -0.1) is 0 Å². The van der Waals surface area contributed by atoms with Crippen molar-refractivity contribution >= 4 is 6.03 Å². The SMILES string of the molecule is COc1ccc(CNC(=O)NCc2cccc(-n3cccn3)c2)cc1OC(F)F. The first-order chi connectivity index (χ1) is 14.0. The lowest BCUT2D eigenvalue weighted by atomic mass is 10.2. The second-order valence-electron chi connectivity index (χ2n) is 6.02. The summed E-state index contributed by atoms with van der Waals surface area (Å²) in [7, 11) is 1.36. The van der Waals surface area contributed by atoms with Crippen molar-refractivity contribution in [1.29, 1.82) is 0 Å². The molecule has 2 aromatic carbocycles. The lowest BCUT2D eigenvalue weighted by Gasteiger charge is -2.12. The first kappa shape index (κ1) is 20.1. The van der Waals surface area contributed by atoms with Gasteiger partial charge in [0.25, 0.3) is 0 Å². The van der Waals surface area contributed by atoms with E-state index in [2.05, 4.69) is 20.5 Å². The average molecular weight is 402 g/mol. The van der Waals surface area contributed by atoms with Crippen LogP contribution in [0, 0.1) is 0 Å². The van der Waals surface area contributed by atoms with E-state index in [1.54, 1.807) is 16.9 Å². The number of halogens is 2. The number of carbonyl (C=O) groups is 1. The van der Waals surface area contributed by atoms with E-state index in [1.165, 1.54) is 19.2 Å². The summed E-state index contributed by atoms with van der Waals surface area (Å²) >= 11 is 0. The highest BCUT2D eigenvalue weighted by atomic mass is 19.3. The molecule has 29 heavy (non-hydrogen) atoms. The highest BCUT2D eigenvalue weighted by Gasteiger charge is 2.12. The van der Waals surface area contributed by atoms with Gasteiger partial charge in [-0.1, -0.05) is 18.2 Å². The van der Waals surface area contributed by atoms with Gasteiger partial charge >= 0.3 is 12.6 Å². The Labute approximate surface area is 166 Å². The normalized spacial score (nSPS) is 10.6. The van der Waals surface area contributed by atoms with Crippen LogP contribution in [0.1, 0.15) is 11.1 Å². The standard InChI is InChI=1S/C20H20F2N4O3/c1-28-17-7-6-15(11-18(17)29-19(21)22)13-24-20(27)23-12-14-4-2-5-16(10-14)26-9-3-8-25-26/h2-11,19H,12-13H2,1H3,(H2,23,24,27). The van der Waals surface area contributed by atoms with Crippen LogP contribution in [-0.4, -0.2) is 29.5 Å². The van der Waals surface area contributed by atoms with Crippen LogP contribution in [0.15, 0.2) is 60.9 Å². The zero-order chi connectivity index (χ0) is 20.6. The van der Waals surface area contributed by atoms with Crippen LogP contribution in [0.25, 0.3) is 5.69 Å². The van der Waals surface area contributed by atoms with Crippen LogP contribution < -0.4 is 20.1 Å². The Kier molecular flexibility index (Phi) is 6.62. The second-order valence-corrected chi connectivity index (χ2v) is 6.02. The Hall–Kier alpha value is -3.62. The smallest absolute Gasteiger partial charge is 0.387 e. The summed E-state index contributed by atoms with van der Waals surface area (Å²) in [4.78, 5) is 12.1. The van der Waals surface area contributed by atoms with Crippen LogP contribution in [0.2, 0.25) is 0 Å². The molecule has 0 radical (unpaired) electrons. The van der Waals surface area contributed by atoms with Gasteiger partial charge < -0.3 is 20.1 Å². The summed E-state index contributed by atoms with van der Waals surface area (Å²) in [6, 6.07) is 13.6. The molecule has 152 valence electrons. The molecule has 0 aliphatic heterocycles. The molecule has 0 aliphatic carbocycles. The fourth-order valence-electron chi connectivity index (χ4n) is 2.68. The number of hydrogen-bond donors (Lipinski definition) is 2. The van der Waals surface area contributed by atoms with Gasteiger partial charge in [-0.2, -0.15) is 13.9 Å². The number of aromatic nitrogens is 2. The number of nitrogens with zero attached hydrogens (tertiary/aromatic N) is 2. The second kappa shape index (κ2) is 9.54. The van der Waals surface area contributed by atoms with E-state index >= 15 is 0 Å². The van der Waals surface area contributed by atoms with Crippen molar-refractivity contribution in [1.82, 2.24) is 20.4 Å². The highest BCUT2D eigenvalue weighted by Crippen LogP contribution is 2.29. The molecule has 1 aromatic heterocycles. The third kappa shape index (κ3) is 5.68. The minimum absolute atomic E-state index is 0.0855. The number of alkyl halides is 2. The van der Waals surface area contributed by atoms with Crippen LogP contribution in [0.4, 0.5) is 13.6 Å². The van der Waals surface area contributed by atoms with Crippen LogP contribution in [-0.2, 0) is 13.1 Å². The number of rotatable bonds is 8. The maximum Gasteiger partial charge on any atom is 0.387 e. The Morgan fingerprint density at radius 3 is 2.48 bits per heavy atom. The molecule has 0 unspecified atom stereocenters. The average Bonchev–Trinajstić information content (AvgIpc) is 3.25. The van der Waals surface area contributed by atoms with Crippen molar-refractivity contribution < 1.29 is 23.0 Å². The Balaban J connectivity index is 1.53. The lowest BCUT2D eigenvalue weighted by molar-refractivity contribution is -0.0512. The number of ether oxygens (including phenoxy) is 2. The van der Waals surface area contributed by atoms with E-state index in [0.717, 1.165) is 11.3 Å². The number of urea groups is 1. The molecule has 0 fully saturated rings. The maximum absolute atomic E-state index is 12.5. The molecular weight excluding hydrogens is 382 g/mol. The van der Waals surface area contributed by atoms with E-state index in [4.69, 9.17) is 4.74 Å². The number of methoxy groups -OCH3 is 1. The molecular formula is C20H20F2N4O3. The van der Waals surface area contributed by atoms with E-state index in [9.17, 15) is 13.6 Å². The van der Waals surface area contributed by atoms with Gasteiger partial charge in [0.15, 0.2) is 11.5 Å². The molecule has 2 amide bonds. The van der Waals surface area contributed by atoms with Gasteiger partial charge in [-0.25, -0.2) is 9.48 Å². The van der Waals surface area contributed by atoms with Crippen molar-refractivity contribution in [3.63, 3.8) is 0 Å². The number of amides is 2. The molecule has 0 saturated heterocycles. The molecule has 0 bridgehead atoms. The van der Waals surface area contributed by atoms with Gasteiger partial charge in [0, 0.05) is 25.5 Å². The third-order valence-electron chi connectivity index (χ3n) is 4.03. The summed E-state index contributed by atoms with van der Waals surface area (Å²) in [5, 5.41) is 9.61. The van der Waals surface area contributed by atoms with E-state index < -0.39 is 6.61 Å². The third-order valence-corrected chi connectivity index (χ3v) is 4.03. The van der Waals surface area contributed by atoms with Gasteiger partial charge in [-0.05, 0) is 41.5 Å². The zero-order valence-corrected chi connectivity index (χ0v) is 15.6. The number of nitrogens with one attached hydrogen (secondary N) is 2. The van der Waals surface area contributed by atoms with Crippen molar-refractivity contribution in [2.75, 3.05) is 7.11 Å². The van der Waals surface area contributed by atoms with Gasteiger partial charge in [-0.3, -0.25) is 0 Å². The Bertz CT molecular complexity index is 949. The molecule has 3 aromatic rings. The Morgan fingerprint density at radius 2 is 1.83 bits per heavy atom. The fourth-order valence-corrected chi connectivity index (χ4v) is 2.68. The van der Waals surface area contributed by atoms with Gasteiger partial charge in [0.1, 0.15) is 0 Å². The quantitative estimate of drug-likeness (QED) is 0.605. The highest BCUT2D eigenvalue weighted by molar-refractivity contribution is 5.73. The van der Waals surface area contributed by atoms with E-state index in [1.807, 2.05) is 36.5 Å². The van der Waals surface area contributed by atoms with Crippen LogP contribution in [0.3, 0.4) is 0 Å². The maximum atomic E-state index is 12.5. The molecule has 1 heterocycles. The van der Waals surface area contributed by atoms with Crippen molar-refractivity contribution in [2.45, 2.75) is 19.7 Å². The summed E-state index contributed by atoms with van der Waals surface area (Å²) in [6.45, 7) is -2.50. The molecule has 9 heteroatoms.